The molecule has 4 nitrogen and oxygen atoms in total. The molecule has 1 saturated carbocycles. The highest BCUT2D eigenvalue weighted by atomic mass is 16.4. The van der Waals surface area contributed by atoms with E-state index in [0.717, 1.165) is 18.8 Å². The lowest BCUT2D eigenvalue weighted by molar-refractivity contribution is -0.138. The fourth-order valence-electron chi connectivity index (χ4n) is 3.31. The van der Waals surface area contributed by atoms with Crippen LogP contribution in [0.1, 0.15) is 71.6 Å². The summed E-state index contributed by atoms with van der Waals surface area (Å²) in [4.78, 5) is 22.8. The van der Waals surface area contributed by atoms with Gasteiger partial charge in [0.15, 0.2) is 0 Å². The molecule has 2 N–H and O–H groups in total. The van der Waals surface area contributed by atoms with Crippen molar-refractivity contribution in [2.75, 3.05) is 6.54 Å². The average Bonchev–Trinajstić information content (AvgIpc) is 2.42. The van der Waals surface area contributed by atoms with Gasteiger partial charge in [0.25, 0.3) is 0 Å². The van der Waals surface area contributed by atoms with Crippen molar-refractivity contribution < 1.29 is 14.7 Å². The zero-order valence-corrected chi connectivity index (χ0v) is 13.6. The van der Waals surface area contributed by atoms with E-state index >= 15 is 0 Å². The highest BCUT2D eigenvalue weighted by molar-refractivity contribution is 5.76. The molecular formula is C17H31NO3. The van der Waals surface area contributed by atoms with Gasteiger partial charge in [-0.3, -0.25) is 9.59 Å². The number of carbonyl (C=O) groups excluding carboxylic acids is 1. The Labute approximate surface area is 128 Å². The van der Waals surface area contributed by atoms with Crippen molar-refractivity contribution in [1.82, 2.24) is 5.32 Å². The number of carboxylic acids is 1. The van der Waals surface area contributed by atoms with Crippen LogP contribution >= 0.6 is 0 Å². The molecule has 1 rings (SSSR count). The van der Waals surface area contributed by atoms with Gasteiger partial charge in [-0.2, -0.15) is 0 Å². The Morgan fingerprint density at radius 1 is 1.19 bits per heavy atom. The number of hydrogen-bond donors (Lipinski definition) is 2. The summed E-state index contributed by atoms with van der Waals surface area (Å²) in [5.74, 6) is 0.515. The second kappa shape index (κ2) is 9.80. The fourth-order valence-corrected chi connectivity index (χ4v) is 3.31. The predicted octanol–water partition coefficient (Wildman–Crippen LogP) is 3.60. The summed E-state index contributed by atoms with van der Waals surface area (Å²) in [6.45, 7) is 4.66. The molecule has 21 heavy (non-hydrogen) atoms. The molecule has 0 saturated heterocycles. The van der Waals surface area contributed by atoms with E-state index in [1.807, 2.05) is 0 Å². The minimum absolute atomic E-state index is 0.0427. The van der Waals surface area contributed by atoms with Crippen molar-refractivity contribution >= 4 is 11.9 Å². The minimum Gasteiger partial charge on any atom is -0.481 e. The Morgan fingerprint density at radius 3 is 2.43 bits per heavy atom. The first-order valence-corrected chi connectivity index (χ1v) is 8.45. The van der Waals surface area contributed by atoms with Crippen LogP contribution in [0, 0.1) is 17.8 Å². The summed E-state index contributed by atoms with van der Waals surface area (Å²) >= 11 is 0. The largest absolute Gasteiger partial charge is 0.481 e. The van der Waals surface area contributed by atoms with E-state index in [4.69, 9.17) is 5.11 Å². The number of carboxylic acid groups (broad SMARTS) is 1. The average molecular weight is 297 g/mol. The van der Waals surface area contributed by atoms with Gasteiger partial charge < -0.3 is 10.4 Å². The van der Waals surface area contributed by atoms with Crippen LogP contribution in [-0.4, -0.2) is 23.5 Å². The summed E-state index contributed by atoms with van der Waals surface area (Å²) in [7, 11) is 0. The van der Waals surface area contributed by atoms with Crippen LogP contribution in [0.2, 0.25) is 0 Å². The number of amides is 1. The van der Waals surface area contributed by atoms with Crippen molar-refractivity contribution in [1.29, 1.82) is 0 Å². The Bertz CT molecular complexity index is 322. The Kier molecular flexibility index (Phi) is 8.40. The molecule has 0 aromatic rings. The number of rotatable bonds is 9. The normalized spacial score (nSPS) is 17.7. The van der Waals surface area contributed by atoms with Gasteiger partial charge in [0.1, 0.15) is 0 Å². The van der Waals surface area contributed by atoms with Gasteiger partial charge in [0, 0.05) is 19.4 Å². The van der Waals surface area contributed by atoms with Crippen molar-refractivity contribution in [2.24, 2.45) is 17.8 Å². The van der Waals surface area contributed by atoms with Crippen molar-refractivity contribution in [2.45, 2.75) is 71.6 Å². The zero-order chi connectivity index (χ0) is 15.7. The van der Waals surface area contributed by atoms with Crippen LogP contribution in [0.4, 0.5) is 0 Å². The molecule has 0 heterocycles. The standard InChI is InChI=1S/C17H31NO3/c1-13(2)10-15(11-17(20)21)12-18-16(19)9-8-14-6-4-3-5-7-14/h13-15H,3-12H2,1-2H3,(H,18,19)(H,20,21)/t15-/m0/s1. The number of nitrogens with one attached hydrogen (secondary N) is 1. The second-order valence-electron chi connectivity index (χ2n) is 6.94. The third-order valence-corrected chi connectivity index (χ3v) is 4.36. The first-order valence-electron chi connectivity index (χ1n) is 8.45. The Hall–Kier alpha value is -1.06. The zero-order valence-electron chi connectivity index (χ0n) is 13.6. The van der Waals surface area contributed by atoms with Crippen LogP contribution < -0.4 is 5.32 Å². The fraction of sp³-hybridized carbons (Fsp3) is 0.882. The van der Waals surface area contributed by atoms with Gasteiger partial charge in [-0.1, -0.05) is 46.0 Å². The summed E-state index contributed by atoms with van der Waals surface area (Å²) in [5, 5.41) is 11.9. The lowest BCUT2D eigenvalue weighted by Crippen LogP contribution is -2.31. The van der Waals surface area contributed by atoms with E-state index in [1.165, 1.54) is 32.1 Å². The van der Waals surface area contributed by atoms with Gasteiger partial charge in [-0.25, -0.2) is 0 Å². The minimum atomic E-state index is -0.780. The third kappa shape index (κ3) is 8.74. The van der Waals surface area contributed by atoms with E-state index < -0.39 is 5.97 Å². The molecule has 0 bridgehead atoms. The molecular weight excluding hydrogens is 266 g/mol. The van der Waals surface area contributed by atoms with Crippen LogP contribution in [0.3, 0.4) is 0 Å². The number of aliphatic carboxylic acids is 1. The lowest BCUT2D eigenvalue weighted by Gasteiger charge is -2.21. The van der Waals surface area contributed by atoms with Crippen molar-refractivity contribution in [3.05, 3.63) is 0 Å². The topological polar surface area (TPSA) is 66.4 Å². The molecule has 1 aliphatic carbocycles. The number of carbonyl (C=O) groups is 2. The lowest BCUT2D eigenvalue weighted by atomic mass is 9.86. The van der Waals surface area contributed by atoms with Crippen molar-refractivity contribution in [3.8, 4) is 0 Å². The van der Waals surface area contributed by atoms with Crippen molar-refractivity contribution in [3.63, 3.8) is 0 Å². The number of hydrogen-bond acceptors (Lipinski definition) is 2. The highest BCUT2D eigenvalue weighted by Gasteiger charge is 2.17. The Balaban J connectivity index is 2.23. The van der Waals surface area contributed by atoms with E-state index in [9.17, 15) is 9.59 Å². The first-order chi connectivity index (χ1) is 9.97. The van der Waals surface area contributed by atoms with E-state index in [-0.39, 0.29) is 18.2 Å². The maximum Gasteiger partial charge on any atom is 0.303 e. The summed E-state index contributed by atoms with van der Waals surface area (Å²) in [5.41, 5.74) is 0. The molecule has 0 aromatic carbocycles. The van der Waals surface area contributed by atoms with Gasteiger partial charge in [-0.05, 0) is 30.6 Å². The summed E-state index contributed by atoms with van der Waals surface area (Å²) < 4.78 is 0. The molecule has 1 aliphatic rings. The molecule has 1 fully saturated rings. The van der Waals surface area contributed by atoms with Crippen LogP contribution in [-0.2, 0) is 9.59 Å². The molecule has 122 valence electrons. The molecule has 0 unspecified atom stereocenters. The quantitative estimate of drug-likeness (QED) is 0.683. The van der Waals surface area contributed by atoms with E-state index in [2.05, 4.69) is 19.2 Å². The molecule has 0 radical (unpaired) electrons. The monoisotopic (exact) mass is 297 g/mol. The van der Waals surface area contributed by atoms with Crippen LogP contribution in [0.5, 0.6) is 0 Å². The molecule has 1 amide bonds. The summed E-state index contributed by atoms with van der Waals surface area (Å²) in [6, 6.07) is 0. The first kappa shape index (κ1) is 18.0. The van der Waals surface area contributed by atoms with Gasteiger partial charge in [-0.15, -0.1) is 0 Å². The maximum absolute atomic E-state index is 11.9. The Morgan fingerprint density at radius 2 is 1.86 bits per heavy atom. The van der Waals surface area contributed by atoms with Gasteiger partial charge in [0.2, 0.25) is 5.91 Å². The molecule has 4 heteroatoms. The third-order valence-electron chi connectivity index (χ3n) is 4.36. The smallest absolute Gasteiger partial charge is 0.303 e. The molecule has 0 aliphatic heterocycles. The SMILES string of the molecule is CC(C)C[C@H](CNC(=O)CCC1CCCCC1)CC(=O)O. The summed E-state index contributed by atoms with van der Waals surface area (Å²) in [6.07, 6.45) is 9.05. The van der Waals surface area contributed by atoms with E-state index in [0.29, 0.717) is 18.9 Å². The highest BCUT2D eigenvalue weighted by Crippen LogP contribution is 2.27. The predicted molar refractivity (Wildman–Crippen MR) is 84.0 cm³/mol. The molecule has 0 spiro atoms. The van der Waals surface area contributed by atoms with Crippen LogP contribution in [0.25, 0.3) is 0 Å². The maximum atomic E-state index is 11.9. The van der Waals surface area contributed by atoms with Gasteiger partial charge in [0.05, 0.1) is 0 Å². The van der Waals surface area contributed by atoms with Crippen LogP contribution in [0.15, 0.2) is 0 Å². The second-order valence-corrected chi connectivity index (χ2v) is 6.94. The molecule has 0 aromatic heterocycles. The van der Waals surface area contributed by atoms with E-state index in [1.54, 1.807) is 0 Å². The molecule has 1 atom stereocenters. The van der Waals surface area contributed by atoms with Gasteiger partial charge >= 0.3 is 5.97 Å².